The van der Waals surface area contributed by atoms with Gasteiger partial charge in [-0.3, -0.25) is 4.79 Å². The smallest absolute Gasteiger partial charge is 0.250 e. The van der Waals surface area contributed by atoms with Gasteiger partial charge in [0, 0.05) is 25.8 Å². The van der Waals surface area contributed by atoms with Gasteiger partial charge >= 0.3 is 0 Å². The summed E-state index contributed by atoms with van der Waals surface area (Å²) < 4.78 is 5.11. The van der Waals surface area contributed by atoms with Gasteiger partial charge in [-0.2, -0.15) is 0 Å². The number of nitrogens with zero attached hydrogens (tertiary/aromatic N) is 2. The van der Waals surface area contributed by atoms with Crippen molar-refractivity contribution in [2.45, 2.75) is 12.8 Å². The lowest BCUT2D eigenvalue weighted by molar-refractivity contribution is -0.120. The molecule has 0 aromatic carbocycles. The van der Waals surface area contributed by atoms with E-state index in [1.165, 1.54) is 12.8 Å². The molecule has 1 fully saturated rings. The molecule has 0 spiro atoms. The highest BCUT2D eigenvalue weighted by atomic mass is 16.5. The van der Waals surface area contributed by atoms with Gasteiger partial charge in [0.15, 0.2) is 5.82 Å². The lowest BCUT2D eigenvalue weighted by Gasteiger charge is -2.19. The summed E-state index contributed by atoms with van der Waals surface area (Å²) in [5.74, 6) is 0.661. The maximum atomic E-state index is 11.7. The van der Waals surface area contributed by atoms with Crippen LogP contribution in [0.25, 0.3) is 0 Å². The molecule has 1 aliphatic rings. The van der Waals surface area contributed by atoms with Crippen LogP contribution in [-0.4, -0.2) is 43.7 Å². The Hall–Kier alpha value is -1.66. The number of pyridine rings is 1. The number of amides is 1. The molecule has 2 rings (SSSR count). The van der Waals surface area contributed by atoms with Gasteiger partial charge in [-0.25, -0.2) is 4.98 Å². The van der Waals surface area contributed by atoms with Gasteiger partial charge in [-0.15, -0.1) is 0 Å². The van der Waals surface area contributed by atoms with Crippen molar-refractivity contribution in [2.75, 3.05) is 43.1 Å². The lowest BCUT2D eigenvalue weighted by Crippen LogP contribution is -2.24. The molecule has 1 aliphatic heterocycles. The number of hydrogen-bond acceptors (Lipinski definition) is 5. The van der Waals surface area contributed by atoms with E-state index in [2.05, 4.69) is 15.2 Å². The number of nitrogens with two attached hydrogens (primary N) is 1. The Labute approximate surface area is 112 Å². The molecule has 1 amide bonds. The molecular formula is C13H20N4O2. The van der Waals surface area contributed by atoms with E-state index < -0.39 is 0 Å². The highest BCUT2D eigenvalue weighted by Crippen LogP contribution is 2.25. The summed E-state index contributed by atoms with van der Waals surface area (Å²) in [6.45, 7) is 2.80. The maximum absolute atomic E-state index is 11.7. The standard InChI is InChI=1S/C13H20N4O2/c14-5-9-19-10-12(18)16-11-4-3-6-15-13(11)17-7-1-2-8-17/h3-4,6H,1-2,5,7-10,14H2,(H,16,18). The van der Waals surface area contributed by atoms with Crippen molar-refractivity contribution in [3.05, 3.63) is 18.3 Å². The highest BCUT2D eigenvalue weighted by molar-refractivity contribution is 5.94. The lowest BCUT2D eigenvalue weighted by atomic mass is 10.3. The molecule has 1 aromatic heterocycles. The molecule has 104 valence electrons. The van der Waals surface area contributed by atoms with E-state index in [0.29, 0.717) is 13.2 Å². The summed E-state index contributed by atoms with van der Waals surface area (Å²) in [5, 5.41) is 2.84. The van der Waals surface area contributed by atoms with E-state index in [0.717, 1.165) is 24.6 Å². The van der Waals surface area contributed by atoms with E-state index in [-0.39, 0.29) is 12.5 Å². The molecule has 6 heteroatoms. The van der Waals surface area contributed by atoms with E-state index in [1.807, 2.05) is 12.1 Å². The largest absolute Gasteiger partial charge is 0.370 e. The normalized spacial score (nSPS) is 14.7. The first-order valence-electron chi connectivity index (χ1n) is 6.59. The molecule has 0 bridgehead atoms. The fourth-order valence-electron chi connectivity index (χ4n) is 2.11. The Kier molecular flexibility index (Phi) is 5.11. The molecule has 0 aliphatic carbocycles. The molecule has 19 heavy (non-hydrogen) atoms. The predicted octanol–water partition coefficient (Wildman–Crippen LogP) is 0.596. The maximum Gasteiger partial charge on any atom is 0.250 e. The van der Waals surface area contributed by atoms with E-state index in [4.69, 9.17) is 10.5 Å². The summed E-state index contributed by atoms with van der Waals surface area (Å²) in [6, 6.07) is 3.68. The first kappa shape index (κ1) is 13.8. The van der Waals surface area contributed by atoms with Gasteiger partial charge in [0.25, 0.3) is 0 Å². The van der Waals surface area contributed by atoms with E-state index >= 15 is 0 Å². The number of anilines is 2. The van der Waals surface area contributed by atoms with Gasteiger partial charge in [0.2, 0.25) is 5.91 Å². The number of ether oxygens (including phenoxy) is 1. The number of carbonyl (C=O) groups is 1. The fourth-order valence-corrected chi connectivity index (χ4v) is 2.11. The Morgan fingerprint density at radius 2 is 2.26 bits per heavy atom. The SMILES string of the molecule is NCCOCC(=O)Nc1cccnc1N1CCCC1. The molecule has 1 aromatic rings. The van der Waals surface area contributed by atoms with Crippen LogP contribution in [0, 0.1) is 0 Å². The Bertz CT molecular complexity index is 419. The summed E-state index contributed by atoms with van der Waals surface area (Å²) in [7, 11) is 0. The van der Waals surface area contributed by atoms with E-state index in [1.54, 1.807) is 6.20 Å². The summed E-state index contributed by atoms with van der Waals surface area (Å²) >= 11 is 0. The molecular weight excluding hydrogens is 244 g/mol. The zero-order valence-corrected chi connectivity index (χ0v) is 11.0. The Morgan fingerprint density at radius 3 is 3.00 bits per heavy atom. The van der Waals surface area contributed by atoms with Gasteiger partial charge in [-0.1, -0.05) is 0 Å². The summed E-state index contributed by atoms with van der Waals surface area (Å²) in [4.78, 5) is 18.3. The topological polar surface area (TPSA) is 80.5 Å². The minimum Gasteiger partial charge on any atom is -0.370 e. The molecule has 0 radical (unpaired) electrons. The molecule has 0 saturated carbocycles. The first-order chi connectivity index (χ1) is 9.31. The number of rotatable bonds is 6. The first-order valence-corrected chi connectivity index (χ1v) is 6.59. The van der Waals surface area contributed by atoms with Crippen LogP contribution < -0.4 is 16.0 Å². The van der Waals surface area contributed by atoms with Crippen molar-refractivity contribution in [2.24, 2.45) is 5.73 Å². The minimum absolute atomic E-state index is 0.0194. The summed E-state index contributed by atoms with van der Waals surface area (Å²) in [5.41, 5.74) is 6.04. The predicted molar refractivity (Wildman–Crippen MR) is 74.2 cm³/mol. The third-order valence-corrected chi connectivity index (χ3v) is 2.96. The minimum atomic E-state index is -0.179. The van der Waals surface area contributed by atoms with Crippen LogP contribution in [0.5, 0.6) is 0 Å². The van der Waals surface area contributed by atoms with Crippen LogP contribution in [0.1, 0.15) is 12.8 Å². The second-order valence-corrected chi connectivity index (χ2v) is 4.46. The van der Waals surface area contributed by atoms with Crippen molar-refractivity contribution in [1.82, 2.24) is 4.98 Å². The Morgan fingerprint density at radius 1 is 1.47 bits per heavy atom. The fraction of sp³-hybridized carbons (Fsp3) is 0.538. The van der Waals surface area contributed by atoms with Crippen molar-refractivity contribution < 1.29 is 9.53 Å². The monoisotopic (exact) mass is 264 g/mol. The molecule has 2 heterocycles. The molecule has 1 saturated heterocycles. The number of nitrogens with one attached hydrogen (secondary N) is 1. The molecule has 0 unspecified atom stereocenters. The van der Waals surface area contributed by atoms with Crippen LogP contribution >= 0.6 is 0 Å². The van der Waals surface area contributed by atoms with Crippen LogP contribution in [0.4, 0.5) is 11.5 Å². The highest BCUT2D eigenvalue weighted by Gasteiger charge is 2.17. The van der Waals surface area contributed by atoms with Crippen molar-refractivity contribution in [3.8, 4) is 0 Å². The Balaban J connectivity index is 1.97. The molecule has 3 N–H and O–H groups in total. The number of hydrogen-bond donors (Lipinski definition) is 2. The van der Waals surface area contributed by atoms with Gasteiger partial charge in [0.1, 0.15) is 6.61 Å². The third-order valence-electron chi connectivity index (χ3n) is 2.96. The van der Waals surface area contributed by atoms with Crippen LogP contribution in [0.15, 0.2) is 18.3 Å². The van der Waals surface area contributed by atoms with E-state index in [9.17, 15) is 4.79 Å². The molecule has 6 nitrogen and oxygen atoms in total. The second kappa shape index (κ2) is 7.06. The second-order valence-electron chi connectivity index (χ2n) is 4.46. The average molecular weight is 264 g/mol. The average Bonchev–Trinajstić information content (AvgIpc) is 2.93. The van der Waals surface area contributed by atoms with Crippen molar-refractivity contribution in [3.63, 3.8) is 0 Å². The van der Waals surface area contributed by atoms with Crippen molar-refractivity contribution >= 4 is 17.4 Å². The van der Waals surface area contributed by atoms with Crippen LogP contribution in [0.2, 0.25) is 0 Å². The van der Waals surface area contributed by atoms with Crippen molar-refractivity contribution in [1.29, 1.82) is 0 Å². The zero-order chi connectivity index (χ0) is 13.5. The third kappa shape index (κ3) is 3.90. The summed E-state index contributed by atoms with van der Waals surface area (Å²) in [6.07, 6.45) is 4.08. The molecule has 0 atom stereocenters. The van der Waals surface area contributed by atoms with Gasteiger partial charge in [0.05, 0.1) is 12.3 Å². The van der Waals surface area contributed by atoms with Gasteiger partial charge in [-0.05, 0) is 25.0 Å². The number of carbonyl (C=O) groups excluding carboxylic acids is 1. The van der Waals surface area contributed by atoms with Gasteiger partial charge < -0.3 is 20.7 Å². The van der Waals surface area contributed by atoms with Crippen LogP contribution in [-0.2, 0) is 9.53 Å². The quantitative estimate of drug-likeness (QED) is 0.735. The number of aromatic nitrogens is 1. The zero-order valence-electron chi connectivity index (χ0n) is 11.0. The van der Waals surface area contributed by atoms with Crippen LogP contribution in [0.3, 0.4) is 0 Å².